The highest BCUT2D eigenvalue weighted by Gasteiger charge is 2.29. The fourth-order valence-electron chi connectivity index (χ4n) is 4.87. The van der Waals surface area contributed by atoms with Crippen LogP contribution in [-0.2, 0) is 16.1 Å². The van der Waals surface area contributed by atoms with Gasteiger partial charge in [-0.3, -0.25) is 14.2 Å². The lowest BCUT2D eigenvalue weighted by atomic mass is 10.0. The Kier molecular flexibility index (Phi) is 8.46. The second-order valence-corrected chi connectivity index (χ2v) is 10.3. The van der Waals surface area contributed by atoms with Crippen LogP contribution in [0.25, 0.3) is 22.2 Å². The van der Waals surface area contributed by atoms with Crippen LogP contribution in [0.3, 0.4) is 0 Å². The van der Waals surface area contributed by atoms with Crippen molar-refractivity contribution in [3.8, 4) is 22.6 Å². The second-order valence-electron chi connectivity index (χ2n) is 9.57. The molecular formula is C27H30Cl2N6O5. The molecule has 0 spiro atoms. The Morgan fingerprint density at radius 2 is 1.93 bits per heavy atom. The van der Waals surface area contributed by atoms with Gasteiger partial charge in [0.25, 0.3) is 5.56 Å². The number of fused-ring (bicyclic) bond motifs is 1. The quantitative estimate of drug-likeness (QED) is 0.344. The van der Waals surface area contributed by atoms with Gasteiger partial charge in [0.1, 0.15) is 17.1 Å². The number of aromatic nitrogens is 3. The van der Waals surface area contributed by atoms with Gasteiger partial charge in [0, 0.05) is 62.0 Å². The maximum Gasteiger partial charge on any atom is 0.260 e. The van der Waals surface area contributed by atoms with Gasteiger partial charge >= 0.3 is 0 Å². The van der Waals surface area contributed by atoms with Crippen molar-refractivity contribution >= 4 is 46.1 Å². The maximum absolute atomic E-state index is 14.1. The van der Waals surface area contributed by atoms with E-state index in [9.17, 15) is 9.59 Å². The standard InChI is InChI=1S/C27H30Cl2N6O5/c1-4-21(36)34-12-17(13-34)30-6-7-35-25-15(11-31-27(33-25)32-16-5-8-40-14-16)9-18(26(35)37)22-23(28)19(38-2)10-20(39-3)24(22)29/h4,9-11,16-17,30H,1,5-8,12-14H2,2-3H3,(H,31,32,33). The topological polar surface area (TPSA) is 120 Å². The number of pyridine rings is 1. The van der Waals surface area contributed by atoms with Gasteiger partial charge in [-0.25, -0.2) is 4.98 Å². The van der Waals surface area contributed by atoms with Crippen molar-refractivity contribution in [3.05, 3.63) is 51.4 Å². The third kappa shape index (κ3) is 5.46. The van der Waals surface area contributed by atoms with E-state index in [1.807, 2.05) is 0 Å². The Bertz CT molecular complexity index is 1470. The summed E-state index contributed by atoms with van der Waals surface area (Å²) in [6, 6.07) is 3.47. The minimum atomic E-state index is -0.334. The number of rotatable bonds is 10. The molecule has 212 valence electrons. The van der Waals surface area contributed by atoms with Gasteiger partial charge in [0.15, 0.2) is 0 Å². The van der Waals surface area contributed by atoms with E-state index in [1.54, 1.807) is 27.8 Å². The molecule has 0 bridgehead atoms. The van der Waals surface area contributed by atoms with E-state index in [0.29, 0.717) is 73.4 Å². The number of likely N-dealkylation sites (tertiary alicyclic amines) is 1. The van der Waals surface area contributed by atoms with E-state index < -0.39 is 0 Å². The molecule has 1 aromatic carbocycles. The van der Waals surface area contributed by atoms with E-state index >= 15 is 0 Å². The molecule has 2 saturated heterocycles. The van der Waals surface area contributed by atoms with Crippen molar-refractivity contribution < 1.29 is 19.0 Å². The van der Waals surface area contributed by atoms with Crippen LogP contribution in [0.4, 0.5) is 5.95 Å². The Hall–Kier alpha value is -3.38. The zero-order valence-electron chi connectivity index (χ0n) is 22.2. The number of methoxy groups -OCH3 is 2. The number of carbonyl (C=O) groups is 1. The second kappa shape index (κ2) is 12.0. The highest BCUT2D eigenvalue weighted by molar-refractivity contribution is 6.41. The zero-order valence-corrected chi connectivity index (χ0v) is 23.7. The molecule has 11 nitrogen and oxygen atoms in total. The first-order valence-electron chi connectivity index (χ1n) is 12.8. The average molecular weight is 589 g/mol. The third-order valence-electron chi connectivity index (χ3n) is 7.07. The summed E-state index contributed by atoms with van der Waals surface area (Å²) in [5.74, 6) is 0.959. The van der Waals surface area contributed by atoms with E-state index in [2.05, 4.69) is 22.2 Å². The molecule has 3 aromatic rings. The van der Waals surface area contributed by atoms with Crippen LogP contribution in [-0.4, -0.2) is 84.5 Å². The lowest BCUT2D eigenvalue weighted by Crippen LogP contribution is -2.59. The number of carbonyl (C=O) groups excluding carboxylic acids is 1. The van der Waals surface area contributed by atoms with Crippen LogP contribution in [0.15, 0.2) is 35.8 Å². The first-order chi connectivity index (χ1) is 19.3. The molecule has 4 heterocycles. The highest BCUT2D eigenvalue weighted by atomic mass is 35.5. The average Bonchev–Trinajstić information content (AvgIpc) is 3.44. The minimum Gasteiger partial charge on any atom is -0.495 e. The van der Waals surface area contributed by atoms with Crippen molar-refractivity contribution in [2.24, 2.45) is 0 Å². The number of hydrogen-bond donors (Lipinski definition) is 2. The third-order valence-corrected chi connectivity index (χ3v) is 7.82. The van der Waals surface area contributed by atoms with Crippen LogP contribution < -0.4 is 25.7 Å². The number of ether oxygens (including phenoxy) is 3. The molecule has 2 aliphatic rings. The molecular weight excluding hydrogens is 559 g/mol. The predicted molar refractivity (Wildman–Crippen MR) is 154 cm³/mol. The van der Waals surface area contributed by atoms with Crippen LogP contribution in [0, 0.1) is 0 Å². The van der Waals surface area contributed by atoms with E-state index in [1.165, 1.54) is 20.3 Å². The number of hydrogen-bond acceptors (Lipinski definition) is 9. The zero-order chi connectivity index (χ0) is 28.4. The molecule has 0 aliphatic carbocycles. The number of nitrogens with zero attached hydrogens (tertiary/aromatic N) is 4. The van der Waals surface area contributed by atoms with Gasteiger partial charge in [0.05, 0.1) is 42.5 Å². The number of benzene rings is 1. The predicted octanol–water partition coefficient (Wildman–Crippen LogP) is 2.97. The minimum absolute atomic E-state index is 0.0974. The fraction of sp³-hybridized carbons (Fsp3) is 0.407. The molecule has 0 radical (unpaired) electrons. The summed E-state index contributed by atoms with van der Waals surface area (Å²) in [7, 11) is 2.95. The van der Waals surface area contributed by atoms with Crippen LogP contribution in [0.1, 0.15) is 6.42 Å². The summed E-state index contributed by atoms with van der Waals surface area (Å²) in [6.07, 6.45) is 3.82. The Labute approximate surface area is 241 Å². The van der Waals surface area contributed by atoms with Crippen molar-refractivity contribution in [2.45, 2.75) is 25.0 Å². The molecule has 2 fully saturated rings. The van der Waals surface area contributed by atoms with E-state index in [0.717, 1.165) is 6.42 Å². The fourth-order valence-corrected chi connectivity index (χ4v) is 5.57. The van der Waals surface area contributed by atoms with Crippen LogP contribution in [0.2, 0.25) is 10.0 Å². The number of anilines is 1. The largest absolute Gasteiger partial charge is 0.495 e. The van der Waals surface area contributed by atoms with Gasteiger partial charge in [-0.2, -0.15) is 4.98 Å². The summed E-state index contributed by atoms with van der Waals surface area (Å²) in [4.78, 5) is 36.7. The number of amides is 1. The van der Waals surface area contributed by atoms with Gasteiger partial charge in [-0.15, -0.1) is 0 Å². The Morgan fingerprint density at radius 3 is 2.55 bits per heavy atom. The monoisotopic (exact) mass is 588 g/mol. The van der Waals surface area contributed by atoms with Gasteiger partial charge in [0.2, 0.25) is 11.9 Å². The molecule has 2 aromatic heterocycles. The maximum atomic E-state index is 14.1. The van der Waals surface area contributed by atoms with Crippen molar-refractivity contribution in [1.82, 2.24) is 24.8 Å². The lowest BCUT2D eigenvalue weighted by molar-refractivity contribution is -0.130. The normalized spacial score (nSPS) is 17.1. The smallest absolute Gasteiger partial charge is 0.260 e. The van der Waals surface area contributed by atoms with Crippen LogP contribution >= 0.6 is 23.2 Å². The first-order valence-corrected chi connectivity index (χ1v) is 13.6. The Morgan fingerprint density at radius 1 is 1.20 bits per heavy atom. The Balaban J connectivity index is 1.53. The SMILES string of the molecule is C=CC(=O)N1CC(NCCn2c(=O)c(-c3c(Cl)c(OC)cc(OC)c3Cl)cc3cnc(NC4CCOC4)nc32)C1. The summed E-state index contributed by atoms with van der Waals surface area (Å²) < 4.78 is 17.9. The number of nitrogens with one attached hydrogen (secondary N) is 2. The first kappa shape index (κ1) is 28.2. The molecule has 1 atom stereocenters. The van der Waals surface area contributed by atoms with Gasteiger partial charge in [-0.05, 0) is 18.6 Å². The van der Waals surface area contributed by atoms with E-state index in [4.69, 9.17) is 42.4 Å². The molecule has 13 heteroatoms. The van der Waals surface area contributed by atoms with Crippen molar-refractivity contribution in [2.75, 3.05) is 52.4 Å². The van der Waals surface area contributed by atoms with Crippen LogP contribution in [0.5, 0.6) is 11.5 Å². The molecule has 2 aliphatic heterocycles. The summed E-state index contributed by atoms with van der Waals surface area (Å²) in [6.45, 7) is 6.69. The van der Waals surface area contributed by atoms with Crippen molar-refractivity contribution in [3.63, 3.8) is 0 Å². The lowest BCUT2D eigenvalue weighted by Gasteiger charge is -2.39. The molecule has 40 heavy (non-hydrogen) atoms. The van der Waals surface area contributed by atoms with E-state index in [-0.39, 0.29) is 39.2 Å². The summed E-state index contributed by atoms with van der Waals surface area (Å²) in [5.41, 5.74) is 0.695. The number of halogens is 2. The molecule has 1 unspecified atom stereocenters. The molecule has 1 amide bonds. The summed E-state index contributed by atoms with van der Waals surface area (Å²) >= 11 is 13.4. The molecule has 0 saturated carbocycles. The van der Waals surface area contributed by atoms with Crippen molar-refractivity contribution in [1.29, 1.82) is 0 Å². The van der Waals surface area contributed by atoms with Gasteiger partial charge < -0.3 is 29.7 Å². The van der Waals surface area contributed by atoms with Gasteiger partial charge in [-0.1, -0.05) is 29.8 Å². The molecule has 2 N–H and O–H groups in total. The molecule has 5 rings (SSSR count). The highest BCUT2D eigenvalue weighted by Crippen LogP contribution is 2.45. The summed E-state index contributed by atoms with van der Waals surface area (Å²) in [5, 5.41) is 7.70.